The van der Waals surface area contributed by atoms with Gasteiger partial charge in [-0.1, -0.05) is 25.7 Å². The summed E-state index contributed by atoms with van der Waals surface area (Å²) in [4.78, 5) is 87.6. The van der Waals surface area contributed by atoms with Crippen LogP contribution in [0.5, 0.6) is 28.7 Å². The van der Waals surface area contributed by atoms with Gasteiger partial charge in [0.15, 0.2) is 0 Å². The van der Waals surface area contributed by atoms with Gasteiger partial charge in [-0.05, 0) is 179 Å². The summed E-state index contributed by atoms with van der Waals surface area (Å²) < 4.78 is 56.8. The highest BCUT2D eigenvalue weighted by atomic mass is 16.7. The van der Waals surface area contributed by atoms with Gasteiger partial charge in [-0.25, -0.2) is 33.9 Å². The van der Waals surface area contributed by atoms with Crippen molar-refractivity contribution in [3.05, 3.63) is 93.3 Å². The number of nitro groups is 1. The number of pyridine rings is 2. The van der Waals surface area contributed by atoms with E-state index in [0.717, 1.165) is 133 Å². The van der Waals surface area contributed by atoms with E-state index in [0.29, 0.717) is 49.5 Å². The van der Waals surface area contributed by atoms with Crippen LogP contribution in [0.4, 0.5) is 20.1 Å². The molecule has 2 amide bonds. The number of hydrogen-bond donors (Lipinski definition) is 1. The van der Waals surface area contributed by atoms with Gasteiger partial charge < -0.3 is 52.5 Å². The first-order valence-corrected chi connectivity index (χ1v) is 32.1. The van der Waals surface area contributed by atoms with E-state index in [9.17, 15) is 39.2 Å². The zero-order chi connectivity index (χ0) is 65.9. The van der Waals surface area contributed by atoms with Crippen molar-refractivity contribution in [1.82, 2.24) is 19.8 Å². The van der Waals surface area contributed by atoms with Crippen LogP contribution in [-0.2, 0) is 59.0 Å². The smallest absolute Gasteiger partial charge is 0.497 e. The molecule has 5 aromatic rings. The summed E-state index contributed by atoms with van der Waals surface area (Å²) in [5.41, 5.74) is 2.54. The van der Waals surface area contributed by atoms with Crippen LogP contribution in [0.2, 0.25) is 0 Å². The zero-order valence-electron chi connectivity index (χ0n) is 54.5. The van der Waals surface area contributed by atoms with E-state index in [1.807, 2.05) is 36.4 Å². The fourth-order valence-electron chi connectivity index (χ4n) is 13.2. The molecule has 92 heavy (non-hydrogen) atoms. The summed E-state index contributed by atoms with van der Waals surface area (Å²) in [7, 11) is 5.93. The van der Waals surface area contributed by atoms with Crippen molar-refractivity contribution in [2.45, 2.75) is 204 Å². The number of likely N-dealkylation sites (tertiary alicyclic amines) is 2. The molecular weight excluding hydrogens is 1190 g/mol. The summed E-state index contributed by atoms with van der Waals surface area (Å²) in [6.07, 6.45) is 11.9. The Morgan fingerprint density at radius 1 is 0.630 bits per heavy atom. The van der Waals surface area contributed by atoms with Crippen LogP contribution >= 0.6 is 0 Å². The minimum atomic E-state index is -0.835. The number of carbonyl (C=O) groups is 5. The number of ether oxygens (including phenoxy) is 10. The highest BCUT2D eigenvalue weighted by molar-refractivity contribution is 5.89. The molecule has 3 aromatic carbocycles. The van der Waals surface area contributed by atoms with Gasteiger partial charge in [-0.2, -0.15) is 0 Å². The molecule has 8 atom stereocenters. The molecule has 2 spiro atoms. The lowest BCUT2D eigenvalue weighted by Crippen LogP contribution is -2.46. The molecule has 2 aromatic heterocycles. The van der Waals surface area contributed by atoms with E-state index in [-0.39, 0.29) is 49.1 Å². The number of aliphatic hydroxyl groups is 1. The predicted octanol–water partition coefficient (Wildman–Crippen LogP) is 12.1. The number of nitrogens with zero attached hydrogens (tertiary/aromatic N) is 5. The summed E-state index contributed by atoms with van der Waals surface area (Å²) in [5.74, 6) is 2.87. The van der Waals surface area contributed by atoms with Crippen molar-refractivity contribution in [2.75, 3.05) is 41.5 Å². The minimum absolute atomic E-state index is 0.0920. The third kappa shape index (κ3) is 15.8. The molecule has 11 rings (SSSR count). The Morgan fingerprint density at radius 3 is 1.49 bits per heavy atom. The first kappa shape index (κ1) is 66.7. The van der Waals surface area contributed by atoms with Crippen LogP contribution in [0.3, 0.4) is 0 Å². The molecule has 1 N–H and O–H groups in total. The molecule has 0 unspecified atom stereocenters. The third-order valence-electron chi connectivity index (χ3n) is 18.2. The lowest BCUT2D eigenvalue weighted by molar-refractivity contribution is -0.384. The maximum atomic E-state index is 13.3. The molecule has 2 aliphatic carbocycles. The number of non-ortho nitro benzene ring substituents is 1. The molecular formula is C69H87N5O18. The normalized spacial score (nSPS) is 23.5. The Labute approximate surface area is 536 Å². The fraction of sp³-hybridized carbons (Fsp3) is 0.580. The van der Waals surface area contributed by atoms with Crippen LogP contribution < -0.4 is 23.7 Å². The van der Waals surface area contributed by atoms with Crippen molar-refractivity contribution in [1.29, 1.82) is 0 Å². The number of hydrogen-bond acceptors (Lipinski definition) is 20. The lowest BCUT2D eigenvalue weighted by Gasteiger charge is -2.37. The van der Waals surface area contributed by atoms with Crippen molar-refractivity contribution < 1.29 is 81.4 Å². The van der Waals surface area contributed by atoms with E-state index in [1.165, 1.54) is 48.3 Å². The number of aliphatic hydroxyl groups excluding tert-OH is 1. The number of esters is 2. The average molecular weight is 1270 g/mol. The summed E-state index contributed by atoms with van der Waals surface area (Å²) in [5, 5.41) is 22.4. The molecule has 4 fully saturated rings. The van der Waals surface area contributed by atoms with E-state index >= 15 is 0 Å². The van der Waals surface area contributed by atoms with Crippen LogP contribution in [0.1, 0.15) is 154 Å². The second-order valence-corrected chi connectivity index (χ2v) is 27.3. The number of amides is 2. The quantitative estimate of drug-likeness (QED) is 0.0201. The average Bonchev–Trinajstić information content (AvgIpc) is 1.68. The number of carbonyl (C=O) groups excluding carboxylic acids is 5. The molecule has 496 valence electrons. The van der Waals surface area contributed by atoms with Crippen LogP contribution in [-0.4, -0.2) is 148 Å². The second-order valence-electron chi connectivity index (χ2n) is 27.3. The maximum absolute atomic E-state index is 13.3. The van der Waals surface area contributed by atoms with E-state index in [1.54, 1.807) is 55.8 Å². The molecule has 2 saturated heterocycles. The Balaban J connectivity index is 0.000000209. The number of benzene rings is 3. The number of nitro benzene ring substituents is 1. The predicted molar refractivity (Wildman–Crippen MR) is 337 cm³/mol. The van der Waals surface area contributed by atoms with Crippen LogP contribution in [0, 0.1) is 22.0 Å². The standard InChI is InChI=1S/C38H45N3O11.C31H42N2O7/c1-37(2,3)52-35(43)40-22-38(21-31(40)34(42)48-5)18-17-27-28-20-26(47-4)15-16-29(28)39-30(33(27)51-38)10-8-6-7-9-23-19-32(23)50-36(44)49-25-13-11-24(12-14-25)41(45)46;1-30(2,3)40-29(36)33-18-31(17-25(33)28(35)38-5)14-13-21-22-16-20(37-4)11-12-23(22)32-24(27(21)39-31)10-8-6-7-9-19-15-26(19)34/h11-16,20,23,31-32H,6-10,17-19,21-22H2,1-5H3;11-12,16,19,25-26,34H,6-10,13-15,17-18H2,1-5H3/t23-,31+,32-,38-;19-,25+,26-,31-/m11/s1. The zero-order valence-corrected chi connectivity index (χ0v) is 54.5. The Hall–Kier alpha value is -8.21. The molecule has 0 radical (unpaired) electrons. The monoisotopic (exact) mass is 1270 g/mol. The summed E-state index contributed by atoms with van der Waals surface area (Å²) in [6.45, 7) is 11.2. The SMILES string of the molecule is COC(=O)[C@@H]1C[C@]2(CCc3c(c(CCCCC[C@@H]4C[C@H]4O)nc4ccc(OC)cc34)O2)CN1C(=O)OC(C)(C)C.COC(=O)[C@@H]1C[C@]2(CCc3c(c(CCCCC[C@@H]4C[C@H]4OC(=O)Oc4ccc([N+](=O)[O-])cc4)nc4ccc(OC)cc34)O2)CN1C(=O)OC(C)(C)C. The topological polar surface area (TPSA) is 273 Å². The number of aryl methyl sites for hydroxylation is 4. The molecule has 2 saturated carbocycles. The van der Waals surface area contributed by atoms with Gasteiger partial charge in [0.1, 0.15) is 69.3 Å². The van der Waals surface area contributed by atoms with Gasteiger partial charge in [0.25, 0.3) is 5.69 Å². The first-order chi connectivity index (χ1) is 43.8. The highest BCUT2D eigenvalue weighted by Crippen LogP contribution is 2.49. The van der Waals surface area contributed by atoms with Crippen molar-refractivity contribution in [3.8, 4) is 28.7 Å². The Kier molecular flexibility index (Phi) is 20.0. The minimum Gasteiger partial charge on any atom is -0.497 e. The molecule has 23 heteroatoms. The molecule has 4 aliphatic heterocycles. The highest BCUT2D eigenvalue weighted by Gasteiger charge is 2.56. The van der Waals surface area contributed by atoms with Gasteiger partial charge in [-0.15, -0.1) is 0 Å². The van der Waals surface area contributed by atoms with E-state index < -0.39 is 69.7 Å². The third-order valence-corrected chi connectivity index (χ3v) is 18.2. The maximum Gasteiger partial charge on any atom is 0.514 e. The molecule has 6 aliphatic rings. The van der Waals surface area contributed by atoms with Crippen LogP contribution in [0.25, 0.3) is 21.8 Å². The summed E-state index contributed by atoms with van der Waals surface area (Å²) in [6, 6.07) is 15.4. The number of aromatic nitrogens is 2. The summed E-state index contributed by atoms with van der Waals surface area (Å²) >= 11 is 0. The fourth-order valence-corrected chi connectivity index (χ4v) is 13.2. The second kappa shape index (κ2) is 27.5. The van der Waals surface area contributed by atoms with Crippen LogP contribution in [0.15, 0.2) is 60.7 Å². The van der Waals surface area contributed by atoms with Crippen molar-refractivity contribution >= 4 is 57.8 Å². The van der Waals surface area contributed by atoms with E-state index in [2.05, 4.69) is 0 Å². The molecule has 0 bridgehead atoms. The largest absolute Gasteiger partial charge is 0.514 e. The van der Waals surface area contributed by atoms with Crippen molar-refractivity contribution in [3.63, 3.8) is 0 Å². The first-order valence-electron chi connectivity index (χ1n) is 32.1. The Morgan fingerprint density at radius 2 is 1.08 bits per heavy atom. The van der Waals surface area contributed by atoms with Gasteiger partial charge >= 0.3 is 30.3 Å². The van der Waals surface area contributed by atoms with E-state index in [4.69, 9.17) is 57.3 Å². The molecule has 6 heterocycles. The van der Waals surface area contributed by atoms with Gasteiger partial charge in [0, 0.05) is 46.9 Å². The number of fused-ring (bicyclic) bond motifs is 6. The lowest BCUT2D eigenvalue weighted by atomic mass is 9.86. The number of methoxy groups -OCH3 is 4. The van der Waals surface area contributed by atoms with Gasteiger partial charge in [-0.3, -0.25) is 19.9 Å². The van der Waals surface area contributed by atoms with Crippen molar-refractivity contribution in [2.24, 2.45) is 11.8 Å². The van der Waals surface area contributed by atoms with Gasteiger partial charge in [0.2, 0.25) is 0 Å². The Bertz CT molecular complexity index is 3570. The van der Waals surface area contributed by atoms with Gasteiger partial charge in [0.05, 0.1) is 75.0 Å². The molecule has 23 nitrogen and oxygen atoms in total. The number of unbranched alkanes of at least 4 members (excludes halogenated alkanes) is 4. The number of rotatable bonds is 19.